The molecular formula is C15H25NO3S2. The lowest BCUT2D eigenvalue weighted by atomic mass is 9.82. The van der Waals surface area contributed by atoms with Crippen molar-refractivity contribution in [3.05, 3.63) is 16.3 Å². The molecule has 1 aromatic rings. The highest BCUT2D eigenvalue weighted by Gasteiger charge is 2.34. The summed E-state index contributed by atoms with van der Waals surface area (Å²) in [6.07, 6.45) is 4.98. The van der Waals surface area contributed by atoms with Crippen LogP contribution in [0, 0.1) is 5.92 Å². The highest BCUT2D eigenvalue weighted by molar-refractivity contribution is 7.91. The molecule has 1 aliphatic rings. The summed E-state index contributed by atoms with van der Waals surface area (Å²) in [6, 6.07) is 2.18. The average Bonchev–Trinajstić information content (AvgIpc) is 2.92. The summed E-state index contributed by atoms with van der Waals surface area (Å²) in [5, 5.41) is 5.38. The van der Waals surface area contributed by atoms with Gasteiger partial charge in [0.2, 0.25) is 0 Å². The lowest BCUT2D eigenvalue weighted by Gasteiger charge is -2.34. The van der Waals surface area contributed by atoms with Crippen molar-refractivity contribution >= 4 is 21.2 Å². The SMILES string of the molecule is CCNC(c1sccc1OC)C1CCCC(S(C)(=O)=O)C1. The van der Waals surface area contributed by atoms with Crippen LogP contribution in [-0.2, 0) is 9.84 Å². The molecule has 21 heavy (non-hydrogen) atoms. The van der Waals surface area contributed by atoms with Crippen LogP contribution in [0.1, 0.15) is 43.5 Å². The molecule has 0 radical (unpaired) electrons. The molecular weight excluding hydrogens is 306 g/mol. The second-order valence-corrected chi connectivity index (χ2v) is 9.04. The standard InChI is InChI=1S/C15H25NO3S2/c1-4-16-14(15-13(19-2)8-9-20-15)11-6-5-7-12(10-11)21(3,17)18/h8-9,11-12,14,16H,4-7,10H2,1-3H3. The molecule has 3 unspecified atom stereocenters. The molecule has 2 rings (SSSR count). The minimum Gasteiger partial charge on any atom is -0.496 e. The maximum atomic E-state index is 11.9. The quantitative estimate of drug-likeness (QED) is 0.870. The van der Waals surface area contributed by atoms with Gasteiger partial charge in [-0.05, 0) is 43.2 Å². The molecule has 1 N–H and O–H groups in total. The van der Waals surface area contributed by atoms with Gasteiger partial charge in [0.25, 0.3) is 0 Å². The molecule has 6 heteroatoms. The van der Waals surface area contributed by atoms with E-state index in [0.29, 0.717) is 5.92 Å². The van der Waals surface area contributed by atoms with Gasteiger partial charge in [-0.3, -0.25) is 0 Å². The van der Waals surface area contributed by atoms with Gasteiger partial charge in [-0.1, -0.05) is 13.3 Å². The molecule has 120 valence electrons. The van der Waals surface area contributed by atoms with Crippen LogP contribution in [0.3, 0.4) is 0 Å². The summed E-state index contributed by atoms with van der Waals surface area (Å²) in [5.41, 5.74) is 0. The maximum absolute atomic E-state index is 11.9. The molecule has 1 saturated carbocycles. The topological polar surface area (TPSA) is 55.4 Å². The van der Waals surface area contributed by atoms with Crippen molar-refractivity contribution in [3.8, 4) is 5.75 Å². The van der Waals surface area contributed by atoms with Gasteiger partial charge in [0.15, 0.2) is 0 Å². The van der Waals surface area contributed by atoms with Gasteiger partial charge in [-0.25, -0.2) is 8.42 Å². The van der Waals surface area contributed by atoms with Gasteiger partial charge in [-0.2, -0.15) is 0 Å². The average molecular weight is 332 g/mol. The normalized spacial score (nSPS) is 24.7. The third-order valence-electron chi connectivity index (χ3n) is 4.33. The maximum Gasteiger partial charge on any atom is 0.150 e. The number of methoxy groups -OCH3 is 1. The van der Waals surface area contributed by atoms with Crippen molar-refractivity contribution in [3.63, 3.8) is 0 Å². The third-order valence-corrected chi connectivity index (χ3v) is 6.95. The van der Waals surface area contributed by atoms with E-state index in [1.54, 1.807) is 18.4 Å². The Kier molecular flexibility index (Phi) is 5.68. The van der Waals surface area contributed by atoms with Crippen LogP contribution in [0.25, 0.3) is 0 Å². The number of hydrogen-bond acceptors (Lipinski definition) is 5. The van der Waals surface area contributed by atoms with Crippen molar-refractivity contribution < 1.29 is 13.2 Å². The molecule has 1 heterocycles. The fourth-order valence-corrected chi connectivity index (χ4v) is 5.49. The lowest BCUT2D eigenvalue weighted by molar-refractivity contribution is 0.273. The minimum atomic E-state index is -2.95. The molecule has 0 spiro atoms. The van der Waals surface area contributed by atoms with Gasteiger partial charge in [0, 0.05) is 12.3 Å². The summed E-state index contributed by atoms with van der Waals surface area (Å²) in [4.78, 5) is 1.19. The monoisotopic (exact) mass is 331 g/mol. The first-order chi connectivity index (χ1) is 9.97. The van der Waals surface area contributed by atoms with Crippen molar-refractivity contribution in [1.82, 2.24) is 5.32 Å². The number of sulfone groups is 1. The number of ether oxygens (including phenoxy) is 1. The Morgan fingerprint density at radius 3 is 2.86 bits per heavy atom. The number of thiophene rings is 1. The number of nitrogens with one attached hydrogen (secondary N) is 1. The Balaban J connectivity index is 2.22. The van der Waals surface area contributed by atoms with Crippen LogP contribution in [0.5, 0.6) is 5.75 Å². The van der Waals surface area contributed by atoms with E-state index in [2.05, 4.69) is 12.2 Å². The first-order valence-corrected chi connectivity index (χ1v) is 10.3. The van der Waals surface area contributed by atoms with Crippen LogP contribution in [-0.4, -0.2) is 33.6 Å². The van der Waals surface area contributed by atoms with Crippen molar-refractivity contribution in [2.24, 2.45) is 5.92 Å². The van der Waals surface area contributed by atoms with E-state index in [4.69, 9.17) is 4.74 Å². The van der Waals surface area contributed by atoms with Crippen LogP contribution in [0.2, 0.25) is 0 Å². The van der Waals surface area contributed by atoms with E-state index < -0.39 is 9.84 Å². The minimum absolute atomic E-state index is 0.189. The van der Waals surface area contributed by atoms with Gasteiger partial charge in [-0.15, -0.1) is 11.3 Å². The zero-order valence-corrected chi connectivity index (χ0v) is 14.6. The second kappa shape index (κ2) is 7.11. The first-order valence-electron chi connectivity index (χ1n) is 7.51. The molecule has 3 atom stereocenters. The van der Waals surface area contributed by atoms with Gasteiger partial charge < -0.3 is 10.1 Å². The molecule has 1 fully saturated rings. The van der Waals surface area contributed by atoms with Gasteiger partial charge in [0.1, 0.15) is 15.6 Å². The van der Waals surface area contributed by atoms with Gasteiger partial charge >= 0.3 is 0 Å². The third kappa shape index (κ3) is 3.99. The highest BCUT2D eigenvalue weighted by Crippen LogP contribution is 2.41. The van der Waals surface area contributed by atoms with Crippen molar-refractivity contribution in [2.75, 3.05) is 19.9 Å². The van der Waals surface area contributed by atoms with E-state index in [0.717, 1.165) is 38.0 Å². The Morgan fingerprint density at radius 1 is 1.48 bits per heavy atom. The smallest absolute Gasteiger partial charge is 0.150 e. The zero-order valence-electron chi connectivity index (χ0n) is 13.0. The summed E-state index contributed by atoms with van der Waals surface area (Å²) in [7, 11) is -1.26. The predicted octanol–water partition coefficient (Wildman–Crippen LogP) is 3.01. The van der Waals surface area contributed by atoms with Gasteiger partial charge in [0.05, 0.1) is 17.2 Å². The fourth-order valence-electron chi connectivity index (χ4n) is 3.27. The van der Waals surface area contributed by atoms with E-state index in [1.807, 2.05) is 11.4 Å². The fraction of sp³-hybridized carbons (Fsp3) is 0.733. The largest absolute Gasteiger partial charge is 0.496 e. The van der Waals surface area contributed by atoms with Crippen LogP contribution in [0.15, 0.2) is 11.4 Å². The van der Waals surface area contributed by atoms with Crippen molar-refractivity contribution in [1.29, 1.82) is 0 Å². The molecule has 4 nitrogen and oxygen atoms in total. The number of rotatable bonds is 6. The molecule has 0 amide bonds. The van der Waals surface area contributed by atoms with Crippen LogP contribution in [0.4, 0.5) is 0 Å². The molecule has 1 aliphatic carbocycles. The van der Waals surface area contributed by atoms with Crippen LogP contribution < -0.4 is 10.1 Å². The Labute approximate surface area is 131 Å². The second-order valence-electron chi connectivity index (χ2n) is 5.77. The molecule has 1 aromatic heterocycles. The molecule has 0 aromatic carbocycles. The van der Waals surface area contributed by atoms with E-state index in [9.17, 15) is 8.42 Å². The van der Waals surface area contributed by atoms with E-state index in [1.165, 1.54) is 11.1 Å². The van der Waals surface area contributed by atoms with Crippen molar-refractivity contribution in [2.45, 2.75) is 43.9 Å². The van der Waals surface area contributed by atoms with E-state index in [-0.39, 0.29) is 11.3 Å². The predicted molar refractivity (Wildman–Crippen MR) is 87.9 cm³/mol. The summed E-state index contributed by atoms with van der Waals surface area (Å²) >= 11 is 1.69. The zero-order chi connectivity index (χ0) is 15.5. The van der Waals surface area contributed by atoms with E-state index >= 15 is 0 Å². The molecule has 0 aliphatic heterocycles. The summed E-state index contributed by atoms with van der Waals surface area (Å²) in [6.45, 7) is 2.95. The molecule has 0 bridgehead atoms. The Bertz CT molecular complexity index is 553. The number of hydrogen-bond donors (Lipinski definition) is 1. The summed E-state index contributed by atoms with van der Waals surface area (Å²) < 4.78 is 29.2. The summed E-state index contributed by atoms with van der Waals surface area (Å²) in [5.74, 6) is 1.26. The highest BCUT2D eigenvalue weighted by atomic mass is 32.2. The van der Waals surface area contributed by atoms with Crippen LogP contribution >= 0.6 is 11.3 Å². The lowest BCUT2D eigenvalue weighted by Crippen LogP contribution is -2.35. The first kappa shape index (κ1) is 16.8. The Hall–Kier alpha value is -0.590. The molecule has 0 saturated heterocycles. The Morgan fingerprint density at radius 2 is 2.24 bits per heavy atom.